The Morgan fingerprint density at radius 1 is 1.58 bits per heavy atom. The first-order valence-corrected chi connectivity index (χ1v) is 5.77. The summed E-state index contributed by atoms with van der Waals surface area (Å²) in [6.45, 7) is 1.86. The van der Waals surface area contributed by atoms with Crippen molar-refractivity contribution >= 4 is 23.6 Å². The Balaban J connectivity index is 3.11. The van der Waals surface area contributed by atoms with Crippen LogP contribution in [0.2, 0.25) is 5.02 Å². The van der Waals surface area contributed by atoms with Crippen LogP contribution in [-0.4, -0.2) is 19.7 Å². The van der Waals surface area contributed by atoms with Gasteiger partial charge in [-0.1, -0.05) is 22.8 Å². The van der Waals surface area contributed by atoms with Crippen molar-refractivity contribution in [3.05, 3.63) is 44.9 Å². The summed E-state index contributed by atoms with van der Waals surface area (Å²) in [4.78, 5) is 14.1. The van der Waals surface area contributed by atoms with E-state index in [0.717, 1.165) is 0 Å². The quantitative estimate of drug-likeness (QED) is 0.272. The average molecular weight is 282 g/mol. The third-order valence-electron chi connectivity index (χ3n) is 2.12. The summed E-state index contributed by atoms with van der Waals surface area (Å²) in [6, 6.07) is 4.91. The normalized spacial score (nSPS) is 10.6. The molecule has 0 saturated carbocycles. The van der Waals surface area contributed by atoms with E-state index < -0.39 is 5.97 Å². The molecule has 0 amide bonds. The van der Waals surface area contributed by atoms with Gasteiger partial charge in [0.05, 0.1) is 18.7 Å². The van der Waals surface area contributed by atoms with Gasteiger partial charge in [-0.05, 0) is 36.2 Å². The monoisotopic (exact) mass is 281 g/mol. The first-order chi connectivity index (χ1) is 9.12. The van der Waals surface area contributed by atoms with Crippen molar-refractivity contribution < 1.29 is 14.3 Å². The largest absolute Gasteiger partial charge is 0.495 e. The molecule has 0 aliphatic heterocycles. The van der Waals surface area contributed by atoms with Crippen molar-refractivity contribution in [2.45, 2.75) is 6.92 Å². The van der Waals surface area contributed by atoms with Gasteiger partial charge in [-0.2, -0.15) is 0 Å². The standard InChI is InChI=1S/C12H12ClN3O3/c1-3-19-12(17)10(15-16-14)7-8-4-5-11(18-2)9(13)6-8/h4-7H,3H2,1-2H3. The molecule has 0 N–H and O–H groups in total. The highest BCUT2D eigenvalue weighted by Gasteiger charge is 2.09. The first-order valence-electron chi connectivity index (χ1n) is 5.39. The molecule has 0 aliphatic rings. The summed E-state index contributed by atoms with van der Waals surface area (Å²) >= 11 is 5.96. The molecule has 0 atom stereocenters. The fourth-order valence-electron chi connectivity index (χ4n) is 1.31. The number of ether oxygens (including phenoxy) is 2. The Kier molecular flexibility index (Phi) is 5.73. The van der Waals surface area contributed by atoms with E-state index in [0.29, 0.717) is 16.3 Å². The van der Waals surface area contributed by atoms with Crippen LogP contribution in [0, 0.1) is 0 Å². The smallest absolute Gasteiger partial charge is 0.340 e. The van der Waals surface area contributed by atoms with Crippen LogP contribution in [0.4, 0.5) is 0 Å². The minimum Gasteiger partial charge on any atom is -0.495 e. The highest BCUT2D eigenvalue weighted by Crippen LogP contribution is 2.26. The van der Waals surface area contributed by atoms with Crippen molar-refractivity contribution in [3.63, 3.8) is 0 Å². The fraction of sp³-hybridized carbons (Fsp3) is 0.250. The minimum absolute atomic E-state index is 0.134. The number of nitrogens with zero attached hydrogens (tertiary/aromatic N) is 3. The zero-order valence-electron chi connectivity index (χ0n) is 10.5. The van der Waals surface area contributed by atoms with E-state index in [9.17, 15) is 4.79 Å². The molecule has 19 heavy (non-hydrogen) atoms. The molecule has 1 aromatic rings. The summed E-state index contributed by atoms with van der Waals surface area (Å²) in [5, 5.41) is 3.69. The lowest BCUT2D eigenvalue weighted by Crippen LogP contribution is -2.05. The molecule has 0 spiro atoms. The molecule has 0 aromatic heterocycles. The molecular weight excluding hydrogens is 270 g/mol. The lowest BCUT2D eigenvalue weighted by molar-refractivity contribution is -0.138. The molecule has 0 bridgehead atoms. The molecule has 0 heterocycles. The van der Waals surface area contributed by atoms with E-state index in [1.165, 1.54) is 13.2 Å². The Bertz CT molecular complexity index is 551. The number of rotatable bonds is 5. The Morgan fingerprint density at radius 2 is 2.32 bits per heavy atom. The molecule has 7 heteroatoms. The van der Waals surface area contributed by atoms with Gasteiger partial charge in [-0.25, -0.2) is 4.79 Å². The van der Waals surface area contributed by atoms with Crippen LogP contribution in [0.15, 0.2) is 29.0 Å². The van der Waals surface area contributed by atoms with Gasteiger partial charge in [-0.3, -0.25) is 0 Å². The summed E-state index contributed by atoms with van der Waals surface area (Å²) in [5.41, 5.74) is 8.90. The van der Waals surface area contributed by atoms with E-state index in [-0.39, 0.29) is 12.3 Å². The van der Waals surface area contributed by atoms with Gasteiger partial charge in [0.25, 0.3) is 0 Å². The SMILES string of the molecule is CCOC(=O)C(=Cc1ccc(OC)c(Cl)c1)N=[N+]=[N-]. The third-order valence-corrected chi connectivity index (χ3v) is 2.41. The molecular formula is C12H12ClN3O3. The van der Waals surface area contributed by atoms with Crippen molar-refractivity contribution in [1.82, 2.24) is 0 Å². The van der Waals surface area contributed by atoms with Gasteiger partial charge in [0, 0.05) is 4.91 Å². The molecule has 1 aromatic carbocycles. The molecule has 0 aliphatic carbocycles. The van der Waals surface area contributed by atoms with E-state index in [1.54, 1.807) is 25.1 Å². The van der Waals surface area contributed by atoms with Crippen LogP contribution in [0.1, 0.15) is 12.5 Å². The Hall–Kier alpha value is -2.17. The van der Waals surface area contributed by atoms with Crippen LogP contribution in [0.3, 0.4) is 0 Å². The third kappa shape index (κ3) is 4.21. The molecule has 0 radical (unpaired) electrons. The second-order valence-corrected chi connectivity index (χ2v) is 3.74. The maximum absolute atomic E-state index is 11.5. The zero-order chi connectivity index (χ0) is 14.3. The lowest BCUT2D eigenvalue weighted by Gasteiger charge is -2.04. The second kappa shape index (κ2) is 7.31. The number of esters is 1. The number of halogens is 1. The highest BCUT2D eigenvalue weighted by atomic mass is 35.5. The second-order valence-electron chi connectivity index (χ2n) is 3.33. The van der Waals surface area contributed by atoms with E-state index in [2.05, 4.69) is 10.0 Å². The Labute approximate surface area is 115 Å². The van der Waals surface area contributed by atoms with E-state index in [1.807, 2.05) is 0 Å². The van der Waals surface area contributed by atoms with E-state index >= 15 is 0 Å². The van der Waals surface area contributed by atoms with Crippen LogP contribution < -0.4 is 4.74 Å². The lowest BCUT2D eigenvalue weighted by atomic mass is 10.2. The summed E-state index contributed by atoms with van der Waals surface area (Å²) in [5.74, 6) is -0.174. The van der Waals surface area contributed by atoms with Crippen molar-refractivity contribution in [3.8, 4) is 5.75 Å². The summed E-state index contributed by atoms with van der Waals surface area (Å²) < 4.78 is 9.79. The van der Waals surface area contributed by atoms with Crippen molar-refractivity contribution in [2.75, 3.05) is 13.7 Å². The van der Waals surface area contributed by atoms with Crippen molar-refractivity contribution in [2.24, 2.45) is 5.11 Å². The molecule has 6 nitrogen and oxygen atoms in total. The first kappa shape index (κ1) is 14.9. The van der Waals surface area contributed by atoms with Gasteiger partial charge in [-0.15, -0.1) is 0 Å². The number of hydrogen-bond acceptors (Lipinski definition) is 4. The van der Waals surface area contributed by atoms with Gasteiger partial charge < -0.3 is 9.47 Å². The minimum atomic E-state index is -0.688. The van der Waals surface area contributed by atoms with Crippen LogP contribution >= 0.6 is 11.6 Å². The van der Waals surface area contributed by atoms with Crippen LogP contribution in [0.25, 0.3) is 16.5 Å². The zero-order valence-corrected chi connectivity index (χ0v) is 11.2. The Morgan fingerprint density at radius 3 is 2.84 bits per heavy atom. The maximum Gasteiger partial charge on any atom is 0.340 e. The topological polar surface area (TPSA) is 84.3 Å². The molecule has 0 unspecified atom stereocenters. The number of carbonyl (C=O) groups excluding carboxylic acids is 1. The summed E-state index contributed by atoms with van der Waals surface area (Å²) in [6.07, 6.45) is 1.39. The predicted octanol–water partition coefficient (Wildman–Crippen LogP) is 3.56. The molecule has 100 valence electrons. The maximum atomic E-state index is 11.5. The number of hydrogen-bond donors (Lipinski definition) is 0. The molecule has 1 rings (SSSR count). The molecule has 0 saturated heterocycles. The van der Waals surface area contributed by atoms with Gasteiger partial charge in [0.15, 0.2) is 0 Å². The van der Waals surface area contributed by atoms with Gasteiger partial charge in [0.2, 0.25) is 0 Å². The average Bonchev–Trinajstić information content (AvgIpc) is 2.39. The predicted molar refractivity (Wildman–Crippen MR) is 71.8 cm³/mol. The fourth-order valence-corrected chi connectivity index (χ4v) is 1.58. The number of methoxy groups -OCH3 is 1. The van der Waals surface area contributed by atoms with Crippen LogP contribution in [-0.2, 0) is 9.53 Å². The highest BCUT2D eigenvalue weighted by molar-refractivity contribution is 6.32. The van der Waals surface area contributed by atoms with Crippen LogP contribution in [0.5, 0.6) is 5.75 Å². The molecule has 0 fully saturated rings. The van der Waals surface area contributed by atoms with E-state index in [4.69, 9.17) is 26.6 Å². The summed E-state index contributed by atoms with van der Waals surface area (Å²) in [7, 11) is 1.50. The van der Waals surface area contributed by atoms with Crippen molar-refractivity contribution in [1.29, 1.82) is 0 Å². The number of carbonyl (C=O) groups is 1. The van der Waals surface area contributed by atoms with Gasteiger partial charge >= 0.3 is 5.97 Å². The van der Waals surface area contributed by atoms with Gasteiger partial charge in [0.1, 0.15) is 11.4 Å². The number of benzene rings is 1. The number of azide groups is 1.